The molecule has 38 heavy (non-hydrogen) atoms. The quantitative estimate of drug-likeness (QED) is 0.0954. The molecule has 2 aromatic rings. The van der Waals surface area contributed by atoms with Crippen molar-refractivity contribution in [1.29, 1.82) is 0 Å². The lowest BCUT2D eigenvalue weighted by Crippen LogP contribution is -2.26. The molecule has 0 amide bonds. The fourth-order valence-corrected chi connectivity index (χ4v) is 3.68. The topological polar surface area (TPSA) is 74.5 Å². The molecule has 0 radical (unpaired) electrons. The van der Waals surface area contributed by atoms with Crippen molar-refractivity contribution in [2.45, 2.75) is 59.5 Å². The first-order valence-corrected chi connectivity index (χ1v) is 12.7. The zero-order valence-corrected chi connectivity index (χ0v) is 22.9. The molecule has 1 N–H and O–H groups in total. The minimum Gasteiger partial charge on any atom is -0.481 e. The van der Waals surface area contributed by atoms with Crippen LogP contribution in [0.25, 0.3) is 0 Å². The van der Waals surface area contributed by atoms with Crippen molar-refractivity contribution >= 4 is 28.9 Å². The number of allylic oxidation sites excluding steroid dienone is 5. The van der Waals surface area contributed by atoms with Gasteiger partial charge in [-0.25, -0.2) is 9.38 Å². The van der Waals surface area contributed by atoms with Gasteiger partial charge in [0.2, 0.25) is 0 Å². The Kier molecular flexibility index (Phi) is 12.2. The number of anilines is 1. The second kappa shape index (κ2) is 15.3. The van der Waals surface area contributed by atoms with E-state index in [0.29, 0.717) is 19.3 Å². The van der Waals surface area contributed by atoms with E-state index < -0.39 is 5.97 Å². The summed E-state index contributed by atoms with van der Waals surface area (Å²) in [5, 5.41) is 13.3. The van der Waals surface area contributed by atoms with Crippen LogP contribution in [0.2, 0.25) is 0 Å². The molecule has 0 saturated carbocycles. The summed E-state index contributed by atoms with van der Waals surface area (Å²) in [5.41, 5.74) is 5.19. The van der Waals surface area contributed by atoms with Crippen molar-refractivity contribution in [3.63, 3.8) is 0 Å². The van der Waals surface area contributed by atoms with Crippen LogP contribution in [0.5, 0.6) is 0 Å². The molecule has 7 heteroatoms. The van der Waals surface area contributed by atoms with Gasteiger partial charge in [-0.2, -0.15) is 0 Å². The summed E-state index contributed by atoms with van der Waals surface area (Å²) in [6, 6.07) is 12.2. The second-order valence-electron chi connectivity index (χ2n) is 8.97. The number of hydrogen-bond acceptors (Lipinski definition) is 4. The number of aliphatic carboxylic acids is 1. The van der Waals surface area contributed by atoms with Gasteiger partial charge in [0.25, 0.3) is 0 Å². The number of halogens is 1. The van der Waals surface area contributed by atoms with Gasteiger partial charge in [0, 0.05) is 25.6 Å². The van der Waals surface area contributed by atoms with E-state index in [1.165, 1.54) is 12.1 Å². The van der Waals surface area contributed by atoms with E-state index in [-0.39, 0.29) is 18.3 Å². The van der Waals surface area contributed by atoms with Crippen LogP contribution >= 0.6 is 0 Å². The van der Waals surface area contributed by atoms with Crippen molar-refractivity contribution < 1.29 is 19.1 Å². The van der Waals surface area contributed by atoms with Gasteiger partial charge in [-0.05, 0) is 87.6 Å². The number of amidine groups is 1. The van der Waals surface area contributed by atoms with Gasteiger partial charge in [0.05, 0.1) is 11.4 Å². The van der Waals surface area contributed by atoms with E-state index in [1.54, 1.807) is 18.2 Å². The predicted octanol–water partition coefficient (Wildman–Crippen LogP) is 8.09. The third-order valence-corrected chi connectivity index (χ3v) is 6.08. The summed E-state index contributed by atoms with van der Waals surface area (Å²) >= 11 is 0. The Bertz CT molecular complexity index is 1210. The zero-order valence-electron chi connectivity index (χ0n) is 22.9. The van der Waals surface area contributed by atoms with E-state index >= 15 is 0 Å². The van der Waals surface area contributed by atoms with E-state index in [0.717, 1.165) is 39.6 Å². The molecule has 0 aliphatic carbocycles. The molecule has 0 fully saturated rings. The van der Waals surface area contributed by atoms with Crippen LogP contribution in [0.4, 0.5) is 15.8 Å². The standard InChI is InChI=1S/C31H38FN3O3/c1-7-9-12-25(8-2)23(4)34-38-24(5)26-16-15-22(3)29(21-26)33-30(13-10-11-14-31(36)37)35(6)28-19-17-27(32)18-20-28/h7-9,12,15-21,24H,1,10-11,13-14H2,2-6H3,(H,36,37)/b12-9-,25-8+,33-30?,34-23+. The number of benzene rings is 2. The third-order valence-electron chi connectivity index (χ3n) is 6.08. The predicted molar refractivity (Wildman–Crippen MR) is 155 cm³/mol. The van der Waals surface area contributed by atoms with Gasteiger partial charge in [-0.15, -0.1) is 0 Å². The van der Waals surface area contributed by atoms with Gasteiger partial charge in [0.1, 0.15) is 17.8 Å². The normalized spacial score (nSPS) is 13.5. The minimum absolute atomic E-state index is 0.106. The maximum Gasteiger partial charge on any atom is 0.303 e. The Balaban J connectivity index is 2.33. The van der Waals surface area contributed by atoms with Crippen LogP contribution in [0.1, 0.15) is 63.7 Å². The molecule has 6 nitrogen and oxygen atoms in total. The van der Waals surface area contributed by atoms with Gasteiger partial charge in [-0.1, -0.05) is 48.2 Å². The summed E-state index contributed by atoms with van der Waals surface area (Å²) in [6.45, 7) is 11.4. The first-order chi connectivity index (χ1) is 18.2. The average Bonchev–Trinajstić information content (AvgIpc) is 2.90. The molecule has 0 aromatic heterocycles. The van der Waals surface area contributed by atoms with Gasteiger partial charge < -0.3 is 14.8 Å². The fourth-order valence-electron chi connectivity index (χ4n) is 3.68. The number of hydrogen-bond donors (Lipinski definition) is 1. The Morgan fingerprint density at radius 3 is 2.50 bits per heavy atom. The molecule has 2 aromatic carbocycles. The van der Waals surface area contributed by atoms with Crippen molar-refractivity contribution in [2.24, 2.45) is 10.1 Å². The number of carboxylic acids is 1. The smallest absolute Gasteiger partial charge is 0.303 e. The number of aliphatic imine (C=N–C) groups is 1. The van der Waals surface area contributed by atoms with Crippen molar-refractivity contribution in [2.75, 3.05) is 11.9 Å². The van der Waals surface area contributed by atoms with Gasteiger partial charge >= 0.3 is 5.97 Å². The van der Waals surface area contributed by atoms with Crippen LogP contribution < -0.4 is 4.90 Å². The summed E-state index contributed by atoms with van der Waals surface area (Å²) < 4.78 is 13.5. The summed E-state index contributed by atoms with van der Waals surface area (Å²) in [6.07, 6.45) is 9.02. The molecule has 0 heterocycles. The SMILES string of the molecule is C=C\C=C/C(=C\C)C(/C)=N/OC(C)c1ccc(C)c(N=C(CCCCC(=O)O)N(C)c2ccc(F)cc2)c1. The Hall–Kier alpha value is -4.00. The minimum atomic E-state index is -0.816. The van der Waals surface area contributed by atoms with Crippen LogP contribution in [-0.2, 0) is 9.63 Å². The molecule has 1 atom stereocenters. The molecule has 202 valence electrons. The van der Waals surface area contributed by atoms with Crippen LogP contribution in [0, 0.1) is 12.7 Å². The lowest BCUT2D eigenvalue weighted by atomic mass is 10.1. The molecule has 2 rings (SSSR count). The first kappa shape index (κ1) is 30.2. The largest absolute Gasteiger partial charge is 0.481 e. The Morgan fingerprint density at radius 1 is 1.18 bits per heavy atom. The highest BCUT2D eigenvalue weighted by molar-refractivity contribution is 6.00. The number of oxime groups is 1. The number of unbranched alkanes of at least 4 members (excludes halogenated alkanes) is 1. The maximum absolute atomic E-state index is 13.5. The lowest BCUT2D eigenvalue weighted by molar-refractivity contribution is -0.137. The van der Waals surface area contributed by atoms with E-state index in [4.69, 9.17) is 14.9 Å². The van der Waals surface area contributed by atoms with E-state index in [2.05, 4.69) is 11.7 Å². The highest BCUT2D eigenvalue weighted by Crippen LogP contribution is 2.28. The number of nitrogens with zero attached hydrogens (tertiary/aromatic N) is 3. The highest BCUT2D eigenvalue weighted by atomic mass is 19.1. The van der Waals surface area contributed by atoms with Crippen molar-refractivity contribution in [3.05, 3.63) is 95.9 Å². The highest BCUT2D eigenvalue weighted by Gasteiger charge is 2.14. The molecule has 0 spiro atoms. The van der Waals surface area contributed by atoms with Gasteiger partial charge in [0.15, 0.2) is 0 Å². The molecule has 1 unspecified atom stereocenters. The van der Waals surface area contributed by atoms with Crippen molar-refractivity contribution in [1.82, 2.24) is 0 Å². The average molecular weight is 520 g/mol. The Morgan fingerprint density at radius 2 is 1.87 bits per heavy atom. The molecular weight excluding hydrogens is 481 g/mol. The molecule has 0 bridgehead atoms. The lowest BCUT2D eigenvalue weighted by Gasteiger charge is -2.22. The fraction of sp³-hybridized carbons (Fsp3) is 0.323. The molecule has 0 aliphatic rings. The molecule has 0 saturated heterocycles. The molecule has 0 aliphatic heterocycles. The van der Waals surface area contributed by atoms with Crippen LogP contribution in [0.3, 0.4) is 0 Å². The van der Waals surface area contributed by atoms with Crippen LogP contribution in [0.15, 0.2) is 89.1 Å². The van der Waals surface area contributed by atoms with Crippen molar-refractivity contribution in [3.8, 4) is 0 Å². The van der Waals surface area contributed by atoms with E-state index in [1.807, 2.05) is 76.1 Å². The summed E-state index contributed by atoms with van der Waals surface area (Å²) in [4.78, 5) is 23.7. The third kappa shape index (κ3) is 9.47. The zero-order chi connectivity index (χ0) is 28.1. The Labute approximate surface area is 225 Å². The van der Waals surface area contributed by atoms with E-state index in [9.17, 15) is 9.18 Å². The first-order valence-electron chi connectivity index (χ1n) is 12.7. The number of carbonyl (C=O) groups is 1. The molecular formula is C31H38FN3O3. The second-order valence-corrected chi connectivity index (χ2v) is 8.97. The number of carboxylic acid groups (broad SMARTS) is 1. The summed E-state index contributed by atoms with van der Waals surface area (Å²) in [7, 11) is 1.88. The van der Waals surface area contributed by atoms with Crippen LogP contribution in [-0.4, -0.2) is 29.7 Å². The van der Waals surface area contributed by atoms with Gasteiger partial charge in [-0.3, -0.25) is 4.79 Å². The maximum atomic E-state index is 13.5. The summed E-state index contributed by atoms with van der Waals surface area (Å²) in [5.74, 6) is -0.365. The number of rotatable bonds is 13. The monoisotopic (exact) mass is 519 g/mol. The number of aryl methyl sites for hydroxylation is 1.